The van der Waals surface area contributed by atoms with Gasteiger partial charge in [0.15, 0.2) is 0 Å². The molecule has 0 aliphatic rings. The van der Waals surface area contributed by atoms with E-state index < -0.39 is 29.3 Å². The van der Waals surface area contributed by atoms with Gasteiger partial charge in [0.25, 0.3) is 0 Å². The van der Waals surface area contributed by atoms with Crippen molar-refractivity contribution in [2.45, 2.75) is 183 Å². The molecule has 0 aliphatic carbocycles. The predicted molar refractivity (Wildman–Crippen MR) is 410 cm³/mol. The Balaban J connectivity index is 1.14. The molecule has 556 valence electrons. The zero-order valence-corrected chi connectivity index (χ0v) is 62.6. The second kappa shape index (κ2) is 44.7. The van der Waals surface area contributed by atoms with Crippen LogP contribution in [0.5, 0.6) is 23.0 Å². The third kappa shape index (κ3) is 27.1. The molecular formula is C88H114O15. The lowest BCUT2D eigenvalue weighted by molar-refractivity contribution is -0.141. The molecule has 0 heterocycles. The minimum Gasteiger partial charge on any atom is -0.490 e. The minimum atomic E-state index is -0.644. The number of rotatable bonds is 50. The van der Waals surface area contributed by atoms with Gasteiger partial charge in [0.2, 0.25) is 0 Å². The highest BCUT2D eigenvalue weighted by molar-refractivity contribution is 5.90. The van der Waals surface area contributed by atoms with Crippen LogP contribution < -0.4 is 18.9 Å². The minimum absolute atomic E-state index is 0.00158. The molecule has 0 atom stereocenters. The van der Waals surface area contributed by atoms with Gasteiger partial charge in [-0.05, 0) is 214 Å². The molecule has 15 heteroatoms. The highest BCUT2D eigenvalue weighted by Gasteiger charge is 2.27. The molecule has 0 saturated heterocycles. The summed E-state index contributed by atoms with van der Waals surface area (Å²) in [4.78, 5) is 51.7. The van der Waals surface area contributed by atoms with Gasteiger partial charge in [0, 0.05) is 45.4 Å². The van der Waals surface area contributed by atoms with Crippen LogP contribution in [-0.4, -0.2) is 112 Å². The first-order valence-corrected chi connectivity index (χ1v) is 37.2. The Bertz CT molecular complexity index is 3720. The number of esters is 4. The van der Waals surface area contributed by atoms with Gasteiger partial charge in [-0.25, -0.2) is 19.2 Å². The molecule has 103 heavy (non-hydrogen) atoms. The van der Waals surface area contributed by atoms with Crippen molar-refractivity contribution in [3.8, 4) is 45.3 Å². The Morgan fingerprint density at radius 2 is 0.709 bits per heavy atom. The summed E-state index contributed by atoms with van der Waals surface area (Å²) in [7, 11) is 0. The summed E-state index contributed by atoms with van der Waals surface area (Å²) >= 11 is 0. The lowest BCUT2D eigenvalue weighted by Gasteiger charge is -2.28. The number of aliphatic hydroxyl groups excluding tert-OH is 3. The van der Waals surface area contributed by atoms with Crippen LogP contribution in [0.3, 0.4) is 0 Å². The van der Waals surface area contributed by atoms with Gasteiger partial charge in [0.05, 0.1) is 13.2 Å². The van der Waals surface area contributed by atoms with E-state index >= 15 is 0 Å². The Labute approximate surface area is 613 Å². The van der Waals surface area contributed by atoms with E-state index in [0.29, 0.717) is 91.9 Å². The van der Waals surface area contributed by atoms with Gasteiger partial charge in [-0.3, -0.25) is 0 Å². The van der Waals surface area contributed by atoms with Crippen LogP contribution in [0.1, 0.15) is 175 Å². The van der Waals surface area contributed by atoms with Gasteiger partial charge >= 0.3 is 23.9 Å². The molecule has 6 aromatic rings. The van der Waals surface area contributed by atoms with Crippen molar-refractivity contribution >= 4 is 23.9 Å². The van der Waals surface area contributed by atoms with Crippen molar-refractivity contribution < 1.29 is 72.4 Å². The molecule has 0 unspecified atom stereocenters. The van der Waals surface area contributed by atoms with Gasteiger partial charge in [-0.1, -0.05) is 172 Å². The van der Waals surface area contributed by atoms with E-state index in [-0.39, 0.29) is 96.7 Å². The fraction of sp³-hybridized carbons (Fsp3) is 0.455. The van der Waals surface area contributed by atoms with Crippen molar-refractivity contribution in [1.29, 1.82) is 0 Å². The van der Waals surface area contributed by atoms with Gasteiger partial charge in [-0.15, -0.1) is 0 Å². The van der Waals surface area contributed by atoms with Crippen molar-refractivity contribution in [2.75, 3.05) is 72.7 Å². The molecule has 0 spiro atoms. The maximum atomic E-state index is 13.6. The van der Waals surface area contributed by atoms with Gasteiger partial charge in [0.1, 0.15) is 75.9 Å². The summed E-state index contributed by atoms with van der Waals surface area (Å²) in [6, 6.07) is 37.9. The van der Waals surface area contributed by atoms with E-state index in [1.165, 1.54) is 29.5 Å². The van der Waals surface area contributed by atoms with E-state index in [9.17, 15) is 34.5 Å². The monoisotopic (exact) mass is 1410 g/mol. The molecule has 3 N–H and O–H groups in total. The van der Waals surface area contributed by atoms with Crippen molar-refractivity contribution in [1.82, 2.24) is 0 Å². The van der Waals surface area contributed by atoms with E-state index in [1.54, 1.807) is 13.8 Å². The summed E-state index contributed by atoms with van der Waals surface area (Å²) in [5.74, 6) is 0.0552. The molecule has 6 rings (SSSR count). The summed E-state index contributed by atoms with van der Waals surface area (Å²) in [5, 5.41) is 30.0. The van der Waals surface area contributed by atoms with Crippen LogP contribution in [0, 0.1) is 5.41 Å². The molecule has 15 nitrogen and oxygen atoms in total. The van der Waals surface area contributed by atoms with Crippen molar-refractivity contribution in [2.24, 2.45) is 5.41 Å². The van der Waals surface area contributed by atoms with E-state index in [1.807, 2.05) is 43.3 Å². The maximum absolute atomic E-state index is 13.6. The van der Waals surface area contributed by atoms with Crippen LogP contribution in [0.2, 0.25) is 0 Å². The van der Waals surface area contributed by atoms with Crippen LogP contribution in [0.25, 0.3) is 22.3 Å². The quantitative estimate of drug-likeness (QED) is 0.0141. The van der Waals surface area contributed by atoms with Crippen molar-refractivity contribution in [3.63, 3.8) is 0 Å². The summed E-state index contributed by atoms with van der Waals surface area (Å²) in [5.41, 5.74) is 14.7. The summed E-state index contributed by atoms with van der Waals surface area (Å²) in [6.45, 7) is 29.1. The number of carbonyl (C=O) groups excluding carboxylic acids is 4. The first kappa shape index (κ1) is 83.2. The van der Waals surface area contributed by atoms with E-state index in [0.717, 1.165) is 113 Å². The van der Waals surface area contributed by atoms with Crippen LogP contribution in [0.4, 0.5) is 0 Å². The second-order valence-electron chi connectivity index (χ2n) is 26.9. The molecule has 0 fully saturated rings. The fourth-order valence-corrected chi connectivity index (χ4v) is 12.2. The smallest absolute Gasteiger partial charge is 0.333 e. The molecule has 0 saturated carbocycles. The third-order valence-electron chi connectivity index (χ3n) is 18.8. The first-order valence-electron chi connectivity index (χ1n) is 37.2. The average molecular weight is 1410 g/mol. The standard InChI is InChI=1S/C88H114O15/c1-12-17-19-22-66-27-31-68(32-28-66)35-39-74-57-83(78(58-80(74)96-46-50-100-84(92)62(6)7)76-41-37-70(54-72(76)14-3)24-21-44-88(16-5,60-90)61-91)99-49-53-103-87(95)65(11)26-25-64(10)86(94)102-52-47-97-81-59-79(77-42-38-71(43-45-89)55-73(77)15-4)82(98-48-51-101-85(93)63(8)9)56-75(81)40-36-69-33-29-67(30-34-69)23-20-18-13-2/h27-34,37-38,41-42,54-59,89-91H,6,8,10-26,35-36,39-40,43-53,60-61H2,1-5,7,9H3. The highest BCUT2D eigenvalue weighted by Crippen LogP contribution is 2.42. The molecule has 6 aromatic carbocycles. The SMILES string of the molecule is C=C(C)C(=O)OCCOc1cc(-c2ccc(CCCC(CC)(CO)CO)cc2CC)c(OCCOC(=O)C(=C)CCC(=C)C(=O)OCCOc2cc(-c3ccc(CCO)cc3CC)c(OCCOC(=O)C(=C)C)cc2CCc2ccc(CCCCC)cc2)cc1CCc1ccc(CCCCC)cc1. The number of ether oxygens (including phenoxy) is 8. The average Bonchev–Trinajstić information content (AvgIpc) is 0.795. The number of aliphatic hydroxyl groups is 3. The molecular weight excluding hydrogens is 1300 g/mol. The Kier molecular flexibility index (Phi) is 36.1. The zero-order chi connectivity index (χ0) is 74.5. The maximum Gasteiger partial charge on any atom is 0.333 e. The van der Waals surface area contributed by atoms with Gasteiger partial charge < -0.3 is 53.2 Å². The molecule has 0 aromatic heterocycles. The molecule has 0 radical (unpaired) electrons. The summed E-state index contributed by atoms with van der Waals surface area (Å²) < 4.78 is 48.4. The Hall–Kier alpha value is -8.76. The van der Waals surface area contributed by atoms with Crippen LogP contribution >= 0.6 is 0 Å². The normalized spacial score (nSPS) is 11.2. The van der Waals surface area contributed by atoms with E-state index in [4.69, 9.17) is 37.9 Å². The Morgan fingerprint density at radius 3 is 1.06 bits per heavy atom. The topological polar surface area (TPSA) is 203 Å². The lowest BCUT2D eigenvalue weighted by Crippen LogP contribution is -2.29. The molecule has 0 bridgehead atoms. The number of aryl methyl sites for hydroxylation is 9. The summed E-state index contributed by atoms with van der Waals surface area (Å²) in [6.07, 6.45) is 16.7. The fourth-order valence-electron chi connectivity index (χ4n) is 12.2. The third-order valence-corrected chi connectivity index (χ3v) is 18.8. The zero-order valence-electron chi connectivity index (χ0n) is 62.6. The number of hydrogen-bond donors (Lipinski definition) is 3. The molecule has 0 aliphatic heterocycles. The van der Waals surface area contributed by atoms with Crippen LogP contribution in [-0.2, 0) is 102 Å². The van der Waals surface area contributed by atoms with E-state index in [2.05, 4.69) is 127 Å². The number of unbranched alkanes of at least 4 members (excludes halogenated alkanes) is 4. The number of hydrogen-bond acceptors (Lipinski definition) is 15. The van der Waals surface area contributed by atoms with Gasteiger partial charge in [-0.2, -0.15) is 0 Å². The first-order chi connectivity index (χ1) is 49.8. The largest absolute Gasteiger partial charge is 0.490 e. The second-order valence-corrected chi connectivity index (χ2v) is 26.9. The van der Waals surface area contributed by atoms with Crippen molar-refractivity contribution in [3.05, 3.63) is 213 Å². The van der Waals surface area contributed by atoms with Crippen LogP contribution in [0.15, 0.2) is 158 Å². The number of carbonyl (C=O) groups is 4. The number of benzene rings is 6. The lowest BCUT2D eigenvalue weighted by atomic mass is 9.81. The Morgan fingerprint density at radius 1 is 0.359 bits per heavy atom. The predicted octanol–water partition coefficient (Wildman–Crippen LogP) is 16.9. The molecule has 0 amide bonds. The highest BCUT2D eigenvalue weighted by atomic mass is 16.6.